The summed E-state index contributed by atoms with van der Waals surface area (Å²) in [6, 6.07) is 8.11. The van der Waals surface area contributed by atoms with E-state index < -0.39 is 0 Å². The van der Waals surface area contributed by atoms with Crippen LogP contribution in [0.15, 0.2) is 30.3 Å². The molecule has 2 N–H and O–H groups in total. The normalized spacial score (nSPS) is 12.1. The molecule has 0 saturated heterocycles. The van der Waals surface area contributed by atoms with E-state index in [0.29, 0.717) is 59.6 Å². The van der Waals surface area contributed by atoms with Crippen molar-refractivity contribution in [2.24, 2.45) is 0 Å². The summed E-state index contributed by atoms with van der Waals surface area (Å²) in [5, 5.41) is 5.66. The van der Waals surface area contributed by atoms with Crippen molar-refractivity contribution in [1.29, 1.82) is 0 Å². The van der Waals surface area contributed by atoms with Crippen LogP contribution in [0.5, 0.6) is 23.0 Å². The van der Waals surface area contributed by atoms with Crippen molar-refractivity contribution in [3.8, 4) is 23.0 Å². The van der Waals surface area contributed by atoms with Crippen molar-refractivity contribution in [2.45, 2.75) is 19.8 Å². The third-order valence-electron chi connectivity index (χ3n) is 4.61. The van der Waals surface area contributed by atoms with Gasteiger partial charge in [-0.1, -0.05) is 13.3 Å². The molecule has 0 bridgehead atoms. The monoisotopic (exact) mass is 414 g/mol. The van der Waals surface area contributed by atoms with Crippen molar-refractivity contribution in [1.82, 2.24) is 5.32 Å². The number of ether oxygens (including phenoxy) is 4. The van der Waals surface area contributed by atoms with Crippen LogP contribution >= 0.6 is 0 Å². The number of fused-ring (bicyclic) bond motifs is 1. The van der Waals surface area contributed by atoms with Gasteiger partial charge < -0.3 is 29.6 Å². The lowest BCUT2D eigenvalue weighted by Gasteiger charge is -2.19. The van der Waals surface area contributed by atoms with Gasteiger partial charge in [0.25, 0.3) is 11.8 Å². The van der Waals surface area contributed by atoms with E-state index >= 15 is 0 Å². The number of hydrogen-bond acceptors (Lipinski definition) is 6. The van der Waals surface area contributed by atoms with Gasteiger partial charge in [-0.3, -0.25) is 9.59 Å². The molecule has 0 radical (unpaired) electrons. The van der Waals surface area contributed by atoms with Gasteiger partial charge in [0.2, 0.25) is 0 Å². The van der Waals surface area contributed by atoms with Crippen molar-refractivity contribution in [3.63, 3.8) is 0 Å². The van der Waals surface area contributed by atoms with Crippen LogP contribution < -0.4 is 29.6 Å². The first-order valence-corrected chi connectivity index (χ1v) is 9.82. The van der Waals surface area contributed by atoms with Crippen LogP contribution in [0.3, 0.4) is 0 Å². The molecule has 8 nitrogen and oxygen atoms in total. The molecule has 0 saturated carbocycles. The summed E-state index contributed by atoms with van der Waals surface area (Å²) in [6.07, 6.45) is 1.86. The van der Waals surface area contributed by atoms with E-state index in [4.69, 9.17) is 18.9 Å². The average molecular weight is 414 g/mol. The first-order valence-electron chi connectivity index (χ1n) is 9.82. The number of nitrogens with one attached hydrogen (secondary N) is 2. The molecule has 0 fully saturated rings. The second kappa shape index (κ2) is 9.87. The smallest absolute Gasteiger partial charge is 0.255 e. The Kier molecular flexibility index (Phi) is 7.00. The highest BCUT2D eigenvalue weighted by atomic mass is 16.6. The van der Waals surface area contributed by atoms with Crippen LogP contribution in [0.2, 0.25) is 0 Å². The topological polar surface area (TPSA) is 95.1 Å². The van der Waals surface area contributed by atoms with Gasteiger partial charge in [0.15, 0.2) is 23.0 Å². The minimum absolute atomic E-state index is 0.251. The van der Waals surface area contributed by atoms with Crippen LogP contribution in [0.1, 0.15) is 40.5 Å². The van der Waals surface area contributed by atoms with E-state index in [0.717, 1.165) is 12.8 Å². The maximum Gasteiger partial charge on any atom is 0.255 e. The Morgan fingerprint density at radius 3 is 2.43 bits per heavy atom. The fourth-order valence-corrected chi connectivity index (χ4v) is 3.05. The van der Waals surface area contributed by atoms with E-state index in [9.17, 15) is 9.59 Å². The zero-order chi connectivity index (χ0) is 21.5. The molecule has 8 heteroatoms. The predicted octanol–water partition coefficient (Wildman–Crippen LogP) is 3.26. The number of amides is 2. The molecular formula is C22H26N2O6. The number of carbonyl (C=O) groups excluding carboxylic acids is 2. The van der Waals surface area contributed by atoms with E-state index in [2.05, 4.69) is 10.6 Å². The molecule has 0 unspecified atom stereocenters. The lowest BCUT2D eigenvalue weighted by molar-refractivity contribution is 0.0951. The van der Waals surface area contributed by atoms with E-state index in [1.165, 1.54) is 14.2 Å². The summed E-state index contributed by atoms with van der Waals surface area (Å²) in [4.78, 5) is 25.4. The fourth-order valence-electron chi connectivity index (χ4n) is 3.05. The van der Waals surface area contributed by atoms with E-state index in [-0.39, 0.29) is 11.8 Å². The molecule has 1 aliphatic rings. The van der Waals surface area contributed by atoms with Crippen molar-refractivity contribution < 1.29 is 28.5 Å². The lowest BCUT2D eigenvalue weighted by atomic mass is 10.1. The molecule has 1 heterocycles. The Morgan fingerprint density at radius 1 is 0.967 bits per heavy atom. The molecule has 0 aromatic heterocycles. The molecule has 2 aromatic carbocycles. The quantitative estimate of drug-likeness (QED) is 0.644. The second-order valence-corrected chi connectivity index (χ2v) is 6.68. The third kappa shape index (κ3) is 4.76. The van der Waals surface area contributed by atoms with Gasteiger partial charge in [-0.2, -0.15) is 0 Å². The largest absolute Gasteiger partial charge is 0.493 e. The lowest BCUT2D eigenvalue weighted by Crippen LogP contribution is -2.24. The highest BCUT2D eigenvalue weighted by molar-refractivity contribution is 6.07. The zero-order valence-electron chi connectivity index (χ0n) is 17.4. The number of unbranched alkanes of at least 4 members (excludes halogenated alkanes) is 1. The summed E-state index contributed by atoms with van der Waals surface area (Å²) in [6.45, 7) is 3.53. The fraction of sp³-hybridized carbons (Fsp3) is 0.364. The Balaban J connectivity index is 1.87. The highest BCUT2D eigenvalue weighted by Crippen LogP contribution is 2.37. The molecule has 0 aliphatic carbocycles. The minimum atomic E-state index is -0.379. The number of rotatable bonds is 8. The standard InChI is InChI=1S/C22H26N2O6/c1-4-5-8-23-21(25)15-11-16(20(28-3)19(13-15)27-2)24-22(26)14-6-7-17-18(12-14)30-10-9-29-17/h6-7,11-13H,4-5,8-10H2,1-3H3,(H,23,25)(H,24,26). The van der Waals surface area contributed by atoms with Gasteiger partial charge in [0.1, 0.15) is 13.2 Å². The molecule has 30 heavy (non-hydrogen) atoms. The Morgan fingerprint density at radius 2 is 1.73 bits per heavy atom. The SMILES string of the molecule is CCCCNC(=O)c1cc(NC(=O)c2ccc3c(c2)OCCO3)c(OC)c(OC)c1. The number of methoxy groups -OCH3 is 2. The molecule has 2 aromatic rings. The summed E-state index contributed by atoms with van der Waals surface area (Å²) < 4.78 is 21.8. The van der Waals surface area contributed by atoms with Crippen LogP contribution in [-0.4, -0.2) is 45.8 Å². The third-order valence-corrected chi connectivity index (χ3v) is 4.61. The van der Waals surface area contributed by atoms with Gasteiger partial charge in [-0.15, -0.1) is 0 Å². The summed E-state index contributed by atoms with van der Waals surface area (Å²) in [5.74, 6) is 1.16. The van der Waals surface area contributed by atoms with Crippen molar-refractivity contribution in [3.05, 3.63) is 41.5 Å². The van der Waals surface area contributed by atoms with Crippen molar-refractivity contribution in [2.75, 3.05) is 39.3 Å². The maximum absolute atomic E-state index is 12.9. The molecule has 160 valence electrons. The second-order valence-electron chi connectivity index (χ2n) is 6.68. The molecule has 1 aliphatic heterocycles. The van der Waals surface area contributed by atoms with Gasteiger partial charge in [0, 0.05) is 17.7 Å². The van der Waals surface area contributed by atoms with Crippen LogP contribution in [0, 0.1) is 0 Å². The summed E-state index contributed by atoms with van der Waals surface area (Å²) in [7, 11) is 2.95. The van der Waals surface area contributed by atoms with E-state index in [1.807, 2.05) is 6.92 Å². The first kappa shape index (κ1) is 21.3. The number of carbonyl (C=O) groups is 2. The maximum atomic E-state index is 12.9. The van der Waals surface area contributed by atoms with Gasteiger partial charge in [0.05, 0.1) is 19.9 Å². The van der Waals surface area contributed by atoms with Gasteiger partial charge >= 0.3 is 0 Å². The van der Waals surface area contributed by atoms with Crippen LogP contribution in [0.25, 0.3) is 0 Å². The number of hydrogen-bond donors (Lipinski definition) is 2. The van der Waals surface area contributed by atoms with Crippen LogP contribution in [0.4, 0.5) is 5.69 Å². The van der Waals surface area contributed by atoms with Gasteiger partial charge in [-0.05, 0) is 36.8 Å². The molecular weight excluding hydrogens is 388 g/mol. The number of anilines is 1. The van der Waals surface area contributed by atoms with Gasteiger partial charge in [-0.25, -0.2) is 0 Å². The summed E-state index contributed by atoms with van der Waals surface area (Å²) in [5.41, 5.74) is 1.08. The van der Waals surface area contributed by atoms with E-state index in [1.54, 1.807) is 30.3 Å². The summed E-state index contributed by atoms with van der Waals surface area (Å²) >= 11 is 0. The number of benzene rings is 2. The predicted molar refractivity (Wildman–Crippen MR) is 112 cm³/mol. The molecule has 0 atom stereocenters. The zero-order valence-corrected chi connectivity index (χ0v) is 17.4. The Labute approximate surface area is 175 Å². The average Bonchev–Trinajstić information content (AvgIpc) is 2.78. The highest BCUT2D eigenvalue weighted by Gasteiger charge is 2.20. The van der Waals surface area contributed by atoms with Crippen molar-refractivity contribution >= 4 is 17.5 Å². The van der Waals surface area contributed by atoms with Crippen LogP contribution in [-0.2, 0) is 0 Å². The first-order chi connectivity index (χ1) is 14.6. The Hall–Kier alpha value is -3.42. The molecule has 2 amide bonds. The molecule has 3 rings (SSSR count). The molecule has 0 spiro atoms. The Bertz CT molecular complexity index is 928. The minimum Gasteiger partial charge on any atom is -0.493 e.